The molecule has 0 unspecified atom stereocenters. The maximum absolute atomic E-state index is 15.4. The number of anilines is 1. The molecule has 2 heterocycles. The van der Waals surface area contributed by atoms with Gasteiger partial charge < -0.3 is 14.6 Å². The van der Waals surface area contributed by atoms with E-state index in [0.29, 0.717) is 13.1 Å². The molecule has 0 amide bonds. The lowest BCUT2D eigenvalue weighted by molar-refractivity contribution is 0.0695. The number of aryl methyl sites for hydroxylation is 1. The van der Waals surface area contributed by atoms with E-state index >= 15 is 4.39 Å². The van der Waals surface area contributed by atoms with Crippen molar-refractivity contribution in [2.75, 3.05) is 4.90 Å². The average molecular weight is 370 g/mol. The smallest absolute Gasteiger partial charge is 0.341 e. The van der Waals surface area contributed by atoms with E-state index in [1.165, 1.54) is 4.57 Å². The van der Waals surface area contributed by atoms with E-state index in [0.717, 1.165) is 23.4 Å². The Bertz CT molecular complexity index is 1130. The van der Waals surface area contributed by atoms with Crippen molar-refractivity contribution in [2.45, 2.75) is 26.6 Å². The molecule has 7 heteroatoms. The third kappa shape index (κ3) is 2.58. The lowest BCUT2D eigenvalue weighted by Crippen LogP contribution is -2.22. The zero-order valence-electron chi connectivity index (χ0n) is 14.5. The van der Waals surface area contributed by atoms with Crippen molar-refractivity contribution in [3.05, 3.63) is 75.1 Å². The summed E-state index contributed by atoms with van der Waals surface area (Å²) in [4.78, 5) is 25.3. The van der Waals surface area contributed by atoms with Crippen LogP contribution in [-0.4, -0.2) is 15.6 Å². The predicted octanol–water partition coefficient (Wildman–Crippen LogP) is 3.52. The highest BCUT2D eigenvalue weighted by atomic mass is 19.1. The summed E-state index contributed by atoms with van der Waals surface area (Å²) in [5, 5.41) is 8.93. The number of rotatable bonds is 3. The van der Waals surface area contributed by atoms with Crippen molar-refractivity contribution in [1.29, 1.82) is 0 Å². The van der Waals surface area contributed by atoms with Gasteiger partial charge in [-0.25, -0.2) is 13.6 Å². The van der Waals surface area contributed by atoms with Gasteiger partial charge in [-0.2, -0.15) is 0 Å². The SMILES string of the molecule is CCn1cc(C(=O)O)c(=O)c2cc(F)c(N3Cc4ccccc4C3)c(F)c21. The molecule has 0 radical (unpaired) electrons. The van der Waals surface area contributed by atoms with Gasteiger partial charge in [-0.15, -0.1) is 0 Å². The van der Waals surface area contributed by atoms with Gasteiger partial charge in [0.15, 0.2) is 5.82 Å². The summed E-state index contributed by atoms with van der Waals surface area (Å²) in [7, 11) is 0. The van der Waals surface area contributed by atoms with Crippen LogP contribution in [-0.2, 0) is 19.6 Å². The lowest BCUT2D eigenvalue weighted by Gasteiger charge is -2.21. The first kappa shape index (κ1) is 17.2. The van der Waals surface area contributed by atoms with Crippen LogP contribution in [0.2, 0.25) is 0 Å². The fraction of sp³-hybridized carbons (Fsp3) is 0.200. The molecule has 138 valence electrons. The Hall–Kier alpha value is -3.22. The minimum atomic E-state index is -1.43. The number of aromatic nitrogens is 1. The second-order valence-electron chi connectivity index (χ2n) is 6.50. The van der Waals surface area contributed by atoms with Crippen molar-refractivity contribution in [3.8, 4) is 0 Å². The fourth-order valence-corrected chi connectivity index (χ4v) is 3.66. The molecule has 27 heavy (non-hydrogen) atoms. The number of hydrogen-bond donors (Lipinski definition) is 1. The van der Waals surface area contributed by atoms with Crippen LogP contribution < -0.4 is 10.3 Å². The number of nitrogens with zero attached hydrogens (tertiary/aromatic N) is 2. The van der Waals surface area contributed by atoms with Crippen molar-refractivity contribution >= 4 is 22.6 Å². The second-order valence-corrected chi connectivity index (χ2v) is 6.50. The van der Waals surface area contributed by atoms with Gasteiger partial charge >= 0.3 is 5.97 Å². The summed E-state index contributed by atoms with van der Waals surface area (Å²) in [6.45, 7) is 2.65. The highest BCUT2D eigenvalue weighted by molar-refractivity contribution is 5.93. The Morgan fingerprint density at radius 2 is 1.81 bits per heavy atom. The van der Waals surface area contributed by atoms with E-state index in [-0.39, 0.29) is 23.1 Å². The normalized spacial score (nSPS) is 13.2. The molecule has 0 saturated carbocycles. The molecule has 1 aliphatic heterocycles. The summed E-state index contributed by atoms with van der Waals surface area (Å²) in [5.74, 6) is -3.16. The first-order chi connectivity index (χ1) is 12.9. The van der Waals surface area contributed by atoms with E-state index < -0.39 is 28.6 Å². The van der Waals surface area contributed by atoms with Crippen LogP contribution in [0.3, 0.4) is 0 Å². The summed E-state index contributed by atoms with van der Waals surface area (Å²) < 4.78 is 31.5. The highest BCUT2D eigenvalue weighted by Gasteiger charge is 2.28. The van der Waals surface area contributed by atoms with Crippen LogP contribution in [0.1, 0.15) is 28.4 Å². The number of benzene rings is 2. The summed E-state index contributed by atoms with van der Waals surface area (Å²) in [6, 6.07) is 8.51. The number of fused-ring (bicyclic) bond motifs is 2. The third-order valence-corrected chi connectivity index (χ3v) is 4.96. The number of carboxylic acids is 1. The Morgan fingerprint density at radius 1 is 1.19 bits per heavy atom. The standard InChI is InChI=1S/C20H16F2N2O3/c1-2-23-10-14(20(26)27)19(25)13-7-15(21)18(16(22)17(13)23)24-8-11-5-3-4-6-12(11)9-24/h3-7,10H,2,8-9H2,1H3,(H,26,27). The van der Waals surface area contributed by atoms with Gasteiger partial charge in [0.25, 0.3) is 0 Å². The molecule has 0 aliphatic carbocycles. The van der Waals surface area contributed by atoms with Crippen LogP contribution in [0.15, 0.2) is 41.3 Å². The monoisotopic (exact) mass is 370 g/mol. The number of hydrogen-bond acceptors (Lipinski definition) is 3. The zero-order chi connectivity index (χ0) is 19.3. The Balaban J connectivity index is 1.96. The molecule has 5 nitrogen and oxygen atoms in total. The largest absolute Gasteiger partial charge is 0.477 e. The topological polar surface area (TPSA) is 62.5 Å². The number of pyridine rings is 1. The highest BCUT2D eigenvalue weighted by Crippen LogP contribution is 2.35. The molecule has 4 rings (SSSR count). The van der Waals surface area contributed by atoms with E-state index in [9.17, 15) is 19.1 Å². The summed E-state index contributed by atoms with van der Waals surface area (Å²) >= 11 is 0. The molecule has 1 aromatic heterocycles. The first-order valence-corrected chi connectivity index (χ1v) is 8.52. The Morgan fingerprint density at radius 3 is 2.37 bits per heavy atom. The zero-order valence-corrected chi connectivity index (χ0v) is 14.5. The Labute approximate surface area is 153 Å². The predicted molar refractivity (Wildman–Crippen MR) is 97.1 cm³/mol. The maximum atomic E-state index is 15.4. The minimum absolute atomic E-state index is 0.0835. The van der Waals surface area contributed by atoms with Gasteiger partial charge in [0, 0.05) is 25.8 Å². The molecular formula is C20H16F2N2O3. The molecule has 0 spiro atoms. The van der Waals surface area contributed by atoms with E-state index in [4.69, 9.17) is 0 Å². The van der Waals surface area contributed by atoms with Gasteiger partial charge in [-0.3, -0.25) is 4.79 Å². The van der Waals surface area contributed by atoms with Crippen LogP contribution in [0.4, 0.5) is 14.5 Å². The van der Waals surface area contributed by atoms with E-state index in [1.807, 2.05) is 24.3 Å². The molecule has 0 fully saturated rings. The van der Waals surface area contributed by atoms with E-state index in [2.05, 4.69) is 0 Å². The molecule has 0 atom stereocenters. The van der Waals surface area contributed by atoms with E-state index in [1.54, 1.807) is 11.8 Å². The van der Waals surface area contributed by atoms with Crippen molar-refractivity contribution in [2.24, 2.45) is 0 Å². The maximum Gasteiger partial charge on any atom is 0.341 e. The number of aromatic carboxylic acids is 1. The lowest BCUT2D eigenvalue weighted by atomic mass is 10.1. The van der Waals surface area contributed by atoms with Crippen LogP contribution >= 0.6 is 0 Å². The second kappa shape index (κ2) is 6.19. The summed E-state index contributed by atoms with van der Waals surface area (Å²) in [6.07, 6.45) is 1.11. The Kier molecular flexibility index (Phi) is 3.95. The molecule has 0 bridgehead atoms. The number of carboxylic acid groups (broad SMARTS) is 1. The quantitative estimate of drug-likeness (QED) is 0.766. The number of carbonyl (C=O) groups is 1. The molecule has 1 N–H and O–H groups in total. The van der Waals surface area contributed by atoms with Crippen molar-refractivity contribution < 1.29 is 18.7 Å². The molecule has 0 saturated heterocycles. The molecule has 3 aromatic rings. The van der Waals surface area contributed by atoms with Gasteiger partial charge in [0.2, 0.25) is 5.43 Å². The third-order valence-electron chi connectivity index (χ3n) is 4.96. The molecular weight excluding hydrogens is 354 g/mol. The fourth-order valence-electron chi connectivity index (χ4n) is 3.66. The summed E-state index contributed by atoms with van der Waals surface area (Å²) in [5.41, 5.74) is 0.292. The van der Waals surface area contributed by atoms with Gasteiger partial charge in [-0.1, -0.05) is 24.3 Å². The first-order valence-electron chi connectivity index (χ1n) is 8.52. The van der Waals surface area contributed by atoms with Crippen LogP contribution in [0, 0.1) is 11.6 Å². The van der Waals surface area contributed by atoms with Crippen molar-refractivity contribution in [3.63, 3.8) is 0 Å². The van der Waals surface area contributed by atoms with Crippen molar-refractivity contribution in [1.82, 2.24) is 4.57 Å². The minimum Gasteiger partial charge on any atom is -0.477 e. The molecule has 2 aromatic carbocycles. The van der Waals surface area contributed by atoms with Crippen LogP contribution in [0.25, 0.3) is 10.9 Å². The molecule has 1 aliphatic rings. The van der Waals surface area contributed by atoms with Gasteiger partial charge in [0.1, 0.15) is 17.1 Å². The van der Waals surface area contributed by atoms with Gasteiger partial charge in [0.05, 0.1) is 10.9 Å². The van der Waals surface area contributed by atoms with Crippen LogP contribution in [0.5, 0.6) is 0 Å². The number of halogens is 2. The average Bonchev–Trinajstić information content (AvgIpc) is 3.05. The van der Waals surface area contributed by atoms with Gasteiger partial charge in [-0.05, 0) is 24.1 Å².